The van der Waals surface area contributed by atoms with Crippen LogP contribution in [0.1, 0.15) is 18.3 Å². The maximum Gasteiger partial charge on any atom is 0.131 e. The number of nitrogens with zero attached hydrogens (tertiary/aromatic N) is 2. The van der Waals surface area contributed by atoms with E-state index in [-0.39, 0.29) is 5.82 Å². The van der Waals surface area contributed by atoms with Gasteiger partial charge in [0.05, 0.1) is 0 Å². The van der Waals surface area contributed by atoms with Gasteiger partial charge in [-0.1, -0.05) is 19.1 Å². The van der Waals surface area contributed by atoms with Gasteiger partial charge in [-0.15, -0.1) is 0 Å². The van der Waals surface area contributed by atoms with Gasteiger partial charge in [-0.05, 0) is 33.6 Å². The Balaban J connectivity index is 2.05. The van der Waals surface area contributed by atoms with E-state index in [1.54, 1.807) is 12.1 Å². The quantitative estimate of drug-likeness (QED) is 0.878. The number of benzene rings is 1. The molecule has 1 aromatic carbocycles. The van der Waals surface area contributed by atoms with E-state index in [1.165, 1.54) is 12.1 Å². The smallest absolute Gasteiger partial charge is 0.131 e. The van der Waals surface area contributed by atoms with Crippen LogP contribution in [-0.2, 0) is 13.0 Å². The van der Waals surface area contributed by atoms with Crippen LogP contribution in [0.5, 0.6) is 0 Å². The normalized spacial score (nSPS) is 10.4. The van der Waals surface area contributed by atoms with Crippen LogP contribution in [0.3, 0.4) is 0 Å². The summed E-state index contributed by atoms with van der Waals surface area (Å²) in [6.45, 7) is 2.61. The van der Waals surface area contributed by atoms with E-state index in [9.17, 15) is 4.39 Å². The van der Waals surface area contributed by atoms with Gasteiger partial charge >= 0.3 is 0 Å². The second-order valence-corrected chi connectivity index (χ2v) is 4.64. The molecule has 0 fully saturated rings. The highest BCUT2D eigenvalue weighted by Gasteiger charge is 2.01. The number of hydrogen-bond donors (Lipinski definition) is 1. The topological polar surface area (TPSA) is 37.8 Å². The summed E-state index contributed by atoms with van der Waals surface area (Å²) in [7, 11) is 0. The third kappa shape index (κ3) is 3.50. The fourth-order valence-electron chi connectivity index (χ4n) is 1.51. The summed E-state index contributed by atoms with van der Waals surface area (Å²) in [6, 6.07) is 8.22. The zero-order chi connectivity index (χ0) is 13.0. The number of hydrogen-bond acceptors (Lipinski definition) is 3. The summed E-state index contributed by atoms with van der Waals surface area (Å²) < 4.78 is 13.5. The summed E-state index contributed by atoms with van der Waals surface area (Å²) in [4.78, 5) is 8.59. The van der Waals surface area contributed by atoms with E-state index in [2.05, 4.69) is 31.2 Å². The minimum absolute atomic E-state index is 0.225. The fourth-order valence-corrected chi connectivity index (χ4v) is 1.93. The maximum atomic E-state index is 12.8. The Morgan fingerprint density at radius 3 is 2.61 bits per heavy atom. The molecule has 2 aromatic rings. The Labute approximate surface area is 114 Å². The molecule has 0 spiro atoms. The largest absolute Gasteiger partial charge is 0.366 e. The first-order chi connectivity index (χ1) is 8.67. The predicted molar refractivity (Wildman–Crippen MR) is 72.8 cm³/mol. The van der Waals surface area contributed by atoms with Crippen molar-refractivity contribution >= 4 is 21.7 Å². The molecule has 0 bridgehead atoms. The molecule has 0 atom stereocenters. The molecular formula is C13H13BrFN3. The van der Waals surface area contributed by atoms with Gasteiger partial charge in [0.25, 0.3) is 0 Å². The first kappa shape index (κ1) is 13.0. The second-order valence-electron chi connectivity index (χ2n) is 3.83. The van der Waals surface area contributed by atoms with Crippen LogP contribution >= 0.6 is 15.9 Å². The lowest BCUT2D eigenvalue weighted by atomic mass is 10.2. The number of aryl methyl sites for hydroxylation is 1. The Morgan fingerprint density at radius 1 is 1.22 bits per heavy atom. The van der Waals surface area contributed by atoms with Gasteiger partial charge in [-0.25, -0.2) is 14.4 Å². The van der Waals surface area contributed by atoms with Gasteiger partial charge in [0.2, 0.25) is 0 Å². The minimum Gasteiger partial charge on any atom is -0.366 e. The lowest BCUT2D eigenvalue weighted by Gasteiger charge is -2.07. The van der Waals surface area contributed by atoms with Crippen molar-refractivity contribution in [2.24, 2.45) is 0 Å². The Kier molecular flexibility index (Phi) is 4.25. The van der Waals surface area contributed by atoms with E-state index in [4.69, 9.17) is 0 Å². The summed E-state index contributed by atoms with van der Waals surface area (Å²) in [5, 5.41) is 3.19. The monoisotopic (exact) mass is 309 g/mol. The zero-order valence-electron chi connectivity index (χ0n) is 9.95. The van der Waals surface area contributed by atoms with Gasteiger partial charge in [-0.3, -0.25) is 0 Å². The van der Waals surface area contributed by atoms with Crippen molar-refractivity contribution in [1.29, 1.82) is 0 Å². The van der Waals surface area contributed by atoms with Crippen LogP contribution < -0.4 is 5.32 Å². The molecular weight excluding hydrogens is 297 g/mol. The first-order valence-electron chi connectivity index (χ1n) is 5.69. The van der Waals surface area contributed by atoms with E-state index < -0.39 is 0 Å². The third-order valence-electron chi connectivity index (χ3n) is 2.44. The molecule has 2 rings (SSSR count). The van der Waals surface area contributed by atoms with Gasteiger partial charge < -0.3 is 5.32 Å². The number of aromatic nitrogens is 2. The van der Waals surface area contributed by atoms with Gasteiger partial charge in [0, 0.05) is 19.0 Å². The molecule has 0 saturated heterocycles. The van der Waals surface area contributed by atoms with Crippen LogP contribution in [0.25, 0.3) is 0 Å². The van der Waals surface area contributed by atoms with Crippen molar-refractivity contribution < 1.29 is 4.39 Å². The number of anilines is 1. The summed E-state index contributed by atoms with van der Waals surface area (Å²) >= 11 is 3.35. The van der Waals surface area contributed by atoms with Crippen LogP contribution in [0, 0.1) is 5.82 Å². The minimum atomic E-state index is -0.225. The first-order valence-corrected chi connectivity index (χ1v) is 6.48. The number of rotatable bonds is 4. The molecule has 0 aliphatic carbocycles. The molecule has 1 heterocycles. The van der Waals surface area contributed by atoms with Crippen molar-refractivity contribution in [2.45, 2.75) is 19.9 Å². The maximum absolute atomic E-state index is 12.8. The number of halogens is 2. The summed E-state index contributed by atoms with van der Waals surface area (Å²) in [5.74, 6) is 1.32. The second kappa shape index (κ2) is 5.91. The zero-order valence-corrected chi connectivity index (χ0v) is 11.5. The SMILES string of the molecule is CCc1nc(Br)cc(NCc2ccc(F)cc2)n1. The highest BCUT2D eigenvalue weighted by atomic mass is 79.9. The molecule has 0 aliphatic heterocycles. The molecule has 1 aromatic heterocycles. The standard InChI is InChI=1S/C13H13BrFN3/c1-2-12-17-11(14)7-13(18-12)16-8-9-3-5-10(15)6-4-9/h3-7H,2,8H2,1H3,(H,16,17,18). The molecule has 3 nitrogen and oxygen atoms in total. The molecule has 0 amide bonds. The molecule has 94 valence electrons. The lowest BCUT2D eigenvalue weighted by molar-refractivity contribution is 0.627. The van der Waals surface area contributed by atoms with Crippen molar-refractivity contribution in [3.05, 3.63) is 52.1 Å². The highest BCUT2D eigenvalue weighted by molar-refractivity contribution is 9.10. The molecule has 0 unspecified atom stereocenters. The Morgan fingerprint density at radius 2 is 1.94 bits per heavy atom. The third-order valence-corrected chi connectivity index (χ3v) is 2.85. The predicted octanol–water partition coefficient (Wildman–Crippen LogP) is 3.55. The summed E-state index contributed by atoms with van der Waals surface area (Å²) in [6.07, 6.45) is 0.782. The lowest BCUT2D eigenvalue weighted by Crippen LogP contribution is -2.04. The van der Waals surface area contributed by atoms with E-state index in [0.717, 1.165) is 28.2 Å². The molecule has 0 radical (unpaired) electrons. The van der Waals surface area contributed by atoms with Crippen LogP contribution in [-0.4, -0.2) is 9.97 Å². The molecule has 18 heavy (non-hydrogen) atoms. The Bertz CT molecular complexity index is 528. The van der Waals surface area contributed by atoms with E-state index in [1.807, 2.05) is 13.0 Å². The fraction of sp³-hybridized carbons (Fsp3) is 0.231. The average Bonchev–Trinajstić information content (AvgIpc) is 2.37. The van der Waals surface area contributed by atoms with Crippen molar-refractivity contribution in [2.75, 3.05) is 5.32 Å². The van der Waals surface area contributed by atoms with Crippen LogP contribution in [0.15, 0.2) is 34.9 Å². The van der Waals surface area contributed by atoms with Crippen molar-refractivity contribution in [3.63, 3.8) is 0 Å². The van der Waals surface area contributed by atoms with Gasteiger partial charge in [-0.2, -0.15) is 0 Å². The highest BCUT2D eigenvalue weighted by Crippen LogP contribution is 2.14. The van der Waals surface area contributed by atoms with Gasteiger partial charge in [0.15, 0.2) is 0 Å². The van der Waals surface area contributed by atoms with Crippen molar-refractivity contribution in [1.82, 2.24) is 9.97 Å². The van der Waals surface area contributed by atoms with Gasteiger partial charge in [0.1, 0.15) is 22.1 Å². The van der Waals surface area contributed by atoms with E-state index in [0.29, 0.717) is 6.54 Å². The summed E-state index contributed by atoms with van der Waals surface area (Å²) in [5.41, 5.74) is 1.00. The molecule has 1 N–H and O–H groups in total. The van der Waals surface area contributed by atoms with Crippen LogP contribution in [0.2, 0.25) is 0 Å². The molecule has 0 aliphatic rings. The molecule has 5 heteroatoms. The van der Waals surface area contributed by atoms with E-state index >= 15 is 0 Å². The van der Waals surface area contributed by atoms with Crippen LogP contribution in [0.4, 0.5) is 10.2 Å². The average molecular weight is 310 g/mol. The Hall–Kier alpha value is -1.49. The molecule has 0 saturated carbocycles. The number of nitrogens with one attached hydrogen (secondary N) is 1. The van der Waals surface area contributed by atoms with Crippen molar-refractivity contribution in [3.8, 4) is 0 Å².